The number of halogens is 1. The highest BCUT2D eigenvalue weighted by atomic mass is 35.5. The van der Waals surface area contributed by atoms with E-state index in [2.05, 4.69) is 0 Å². The Morgan fingerprint density at radius 2 is 2.20 bits per heavy atom. The zero-order valence-corrected chi connectivity index (χ0v) is 8.94. The van der Waals surface area contributed by atoms with Crippen LogP contribution in [0.15, 0.2) is 24.3 Å². The number of nitrogens with zero attached hydrogens (tertiary/aromatic N) is 1. The first-order valence-electron chi connectivity index (χ1n) is 4.91. The summed E-state index contributed by atoms with van der Waals surface area (Å²) < 4.78 is 0. The number of carbonyl (C=O) groups is 1. The Morgan fingerprint density at radius 1 is 1.47 bits per heavy atom. The second kappa shape index (κ2) is 4.11. The highest BCUT2D eigenvalue weighted by Gasteiger charge is 2.28. The third kappa shape index (κ3) is 2.07. The van der Waals surface area contributed by atoms with Gasteiger partial charge in [-0.05, 0) is 18.6 Å². The minimum absolute atomic E-state index is 0.263. The van der Waals surface area contributed by atoms with Crippen LogP contribution in [0.2, 0.25) is 5.02 Å². The molecule has 1 atom stereocenters. The van der Waals surface area contributed by atoms with Crippen LogP contribution in [0.25, 0.3) is 0 Å². The van der Waals surface area contributed by atoms with Gasteiger partial charge in [0, 0.05) is 13.1 Å². The highest BCUT2D eigenvalue weighted by Crippen LogP contribution is 2.29. The second-order valence-electron chi connectivity index (χ2n) is 3.72. The van der Waals surface area contributed by atoms with E-state index in [-0.39, 0.29) is 5.92 Å². The van der Waals surface area contributed by atoms with Crippen LogP contribution >= 0.6 is 11.6 Å². The van der Waals surface area contributed by atoms with Crippen molar-refractivity contribution in [3.8, 4) is 0 Å². The first kappa shape index (κ1) is 10.3. The summed E-state index contributed by atoms with van der Waals surface area (Å²) in [6.07, 6.45) is 0.695. The maximum Gasteiger partial charge on any atom is 0.308 e. The maximum absolute atomic E-state index is 10.8. The Kier molecular flexibility index (Phi) is 2.82. The lowest BCUT2D eigenvalue weighted by molar-refractivity contribution is -0.140. The maximum atomic E-state index is 10.8. The van der Waals surface area contributed by atoms with E-state index in [0.29, 0.717) is 18.0 Å². The van der Waals surface area contributed by atoms with Crippen LogP contribution in [-0.2, 0) is 4.79 Å². The predicted octanol–water partition coefficient (Wildman–Crippen LogP) is 2.25. The lowest BCUT2D eigenvalue weighted by Crippen LogP contribution is -2.22. The number of aliphatic carboxylic acids is 1. The van der Waals surface area contributed by atoms with E-state index in [9.17, 15) is 4.79 Å². The molecule has 1 aliphatic rings. The summed E-state index contributed by atoms with van der Waals surface area (Å²) in [5, 5.41) is 9.57. The lowest BCUT2D eigenvalue weighted by Gasteiger charge is -2.19. The van der Waals surface area contributed by atoms with Crippen molar-refractivity contribution in [3.05, 3.63) is 29.3 Å². The third-order valence-electron chi connectivity index (χ3n) is 2.73. The largest absolute Gasteiger partial charge is 0.481 e. The number of benzene rings is 1. The monoisotopic (exact) mass is 225 g/mol. The Labute approximate surface area is 93.3 Å². The SMILES string of the molecule is O=C(O)C1CCN(c2ccccc2Cl)C1. The summed E-state index contributed by atoms with van der Waals surface area (Å²) in [5.41, 5.74) is 0.933. The van der Waals surface area contributed by atoms with Crippen LogP contribution < -0.4 is 4.90 Å². The molecule has 1 aliphatic heterocycles. The van der Waals surface area contributed by atoms with Gasteiger partial charge in [0.15, 0.2) is 0 Å². The van der Waals surface area contributed by atoms with Gasteiger partial charge in [-0.2, -0.15) is 0 Å². The fourth-order valence-corrected chi connectivity index (χ4v) is 2.14. The van der Waals surface area contributed by atoms with Gasteiger partial charge >= 0.3 is 5.97 Å². The minimum Gasteiger partial charge on any atom is -0.481 e. The molecular weight excluding hydrogens is 214 g/mol. The van der Waals surface area contributed by atoms with Crippen LogP contribution in [-0.4, -0.2) is 24.2 Å². The molecule has 0 aromatic heterocycles. The van der Waals surface area contributed by atoms with E-state index in [1.54, 1.807) is 0 Å². The van der Waals surface area contributed by atoms with E-state index in [0.717, 1.165) is 12.2 Å². The Balaban J connectivity index is 2.14. The van der Waals surface area contributed by atoms with Crippen molar-refractivity contribution >= 4 is 23.3 Å². The van der Waals surface area contributed by atoms with Gasteiger partial charge in [-0.25, -0.2) is 0 Å². The summed E-state index contributed by atoms with van der Waals surface area (Å²) in [4.78, 5) is 12.8. The average Bonchev–Trinajstić information content (AvgIpc) is 2.67. The van der Waals surface area contributed by atoms with Gasteiger partial charge in [-0.1, -0.05) is 23.7 Å². The first-order valence-corrected chi connectivity index (χ1v) is 5.28. The van der Waals surface area contributed by atoms with Crippen molar-refractivity contribution in [2.45, 2.75) is 6.42 Å². The van der Waals surface area contributed by atoms with Gasteiger partial charge in [0.2, 0.25) is 0 Å². The molecule has 15 heavy (non-hydrogen) atoms. The number of carboxylic acids is 1. The molecule has 0 aliphatic carbocycles. The van der Waals surface area contributed by atoms with Crippen LogP contribution in [0, 0.1) is 5.92 Å². The molecule has 80 valence electrons. The molecule has 0 spiro atoms. The van der Waals surface area contributed by atoms with Gasteiger partial charge in [-0.15, -0.1) is 0 Å². The minimum atomic E-state index is -0.718. The normalized spacial score (nSPS) is 20.6. The number of rotatable bonds is 2. The lowest BCUT2D eigenvalue weighted by atomic mass is 10.1. The molecule has 4 heteroatoms. The summed E-state index contributed by atoms with van der Waals surface area (Å²) >= 11 is 6.04. The molecule has 1 aromatic carbocycles. The average molecular weight is 226 g/mol. The highest BCUT2D eigenvalue weighted by molar-refractivity contribution is 6.33. The number of anilines is 1. The quantitative estimate of drug-likeness (QED) is 0.839. The summed E-state index contributed by atoms with van der Waals surface area (Å²) in [7, 11) is 0. The Hall–Kier alpha value is -1.22. The molecule has 1 fully saturated rings. The van der Waals surface area contributed by atoms with Crippen molar-refractivity contribution in [2.75, 3.05) is 18.0 Å². The molecule has 1 N–H and O–H groups in total. The van der Waals surface area contributed by atoms with Gasteiger partial charge in [0.05, 0.1) is 16.6 Å². The molecular formula is C11H12ClNO2. The van der Waals surface area contributed by atoms with Gasteiger partial charge in [0.1, 0.15) is 0 Å². The fourth-order valence-electron chi connectivity index (χ4n) is 1.89. The molecule has 1 aromatic rings. The van der Waals surface area contributed by atoms with Crippen LogP contribution in [0.3, 0.4) is 0 Å². The van der Waals surface area contributed by atoms with E-state index >= 15 is 0 Å². The standard InChI is InChI=1S/C11H12ClNO2/c12-9-3-1-2-4-10(9)13-6-5-8(7-13)11(14)15/h1-4,8H,5-7H2,(H,14,15). The second-order valence-corrected chi connectivity index (χ2v) is 4.13. The van der Waals surface area contributed by atoms with Gasteiger partial charge in [-0.3, -0.25) is 4.79 Å². The summed E-state index contributed by atoms with van der Waals surface area (Å²) in [6.45, 7) is 1.32. The van der Waals surface area contributed by atoms with Crippen molar-refractivity contribution in [2.24, 2.45) is 5.92 Å². The van der Waals surface area contributed by atoms with Crippen LogP contribution in [0.4, 0.5) is 5.69 Å². The molecule has 0 saturated carbocycles. The number of carboxylic acid groups (broad SMARTS) is 1. The number of hydrogen-bond acceptors (Lipinski definition) is 2. The van der Waals surface area contributed by atoms with E-state index in [1.807, 2.05) is 29.2 Å². The third-order valence-corrected chi connectivity index (χ3v) is 3.05. The van der Waals surface area contributed by atoms with Crippen molar-refractivity contribution < 1.29 is 9.90 Å². The molecule has 1 saturated heterocycles. The molecule has 2 rings (SSSR count). The zero-order valence-electron chi connectivity index (χ0n) is 8.19. The summed E-state index contributed by atoms with van der Waals surface area (Å²) in [5.74, 6) is -0.981. The Morgan fingerprint density at radius 3 is 2.80 bits per heavy atom. The van der Waals surface area contributed by atoms with Crippen molar-refractivity contribution in [1.29, 1.82) is 0 Å². The van der Waals surface area contributed by atoms with Crippen LogP contribution in [0.1, 0.15) is 6.42 Å². The molecule has 1 heterocycles. The molecule has 1 unspecified atom stereocenters. The molecule has 0 amide bonds. The molecule has 0 bridgehead atoms. The number of para-hydroxylation sites is 1. The topological polar surface area (TPSA) is 40.5 Å². The van der Waals surface area contributed by atoms with E-state index in [4.69, 9.17) is 16.7 Å². The van der Waals surface area contributed by atoms with Gasteiger partial charge in [0.25, 0.3) is 0 Å². The number of hydrogen-bond donors (Lipinski definition) is 1. The summed E-state index contributed by atoms with van der Waals surface area (Å²) in [6, 6.07) is 7.53. The van der Waals surface area contributed by atoms with Crippen molar-refractivity contribution in [3.63, 3.8) is 0 Å². The van der Waals surface area contributed by atoms with Crippen molar-refractivity contribution in [1.82, 2.24) is 0 Å². The smallest absolute Gasteiger partial charge is 0.308 e. The molecule has 0 radical (unpaired) electrons. The van der Waals surface area contributed by atoms with Gasteiger partial charge < -0.3 is 10.0 Å². The Bertz CT molecular complexity index is 381. The zero-order chi connectivity index (χ0) is 10.8. The first-order chi connectivity index (χ1) is 7.18. The molecule has 3 nitrogen and oxygen atoms in total. The van der Waals surface area contributed by atoms with E-state index < -0.39 is 5.97 Å². The van der Waals surface area contributed by atoms with Crippen LogP contribution in [0.5, 0.6) is 0 Å². The fraction of sp³-hybridized carbons (Fsp3) is 0.364. The predicted molar refractivity (Wildman–Crippen MR) is 59.4 cm³/mol. The van der Waals surface area contributed by atoms with E-state index in [1.165, 1.54) is 0 Å².